The van der Waals surface area contributed by atoms with Gasteiger partial charge in [0.2, 0.25) is 0 Å². The molecule has 0 aliphatic carbocycles. The molecule has 0 radical (unpaired) electrons. The maximum atomic E-state index is 8.55. The maximum Gasteiger partial charge on any atom is 0.152 e. The van der Waals surface area contributed by atoms with Gasteiger partial charge in [-0.2, -0.15) is 0 Å². The Labute approximate surface area is 65.1 Å². The average Bonchev–Trinajstić information content (AvgIpc) is 2.47. The van der Waals surface area contributed by atoms with Gasteiger partial charge in [0.15, 0.2) is 5.82 Å². The van der Waals surface area contributed by atoms with Gasteiger partial charge in [-0.3, -0.25) is 5.21 Å². The molecule has 0 fully saturated rings. The minimum atomic E-state index is 0.689. The van der Waals surface area contributed by atoms with Crippen LogP contribution in [0.5, 0.6) is 0 Å². The summed E-state index contributed by atoms with van der Waals surface area (Å²) in [6, 6.07) is 0. The first-order valence-corrected chi connectivity index (χ1v) is 3.48. The molecule has 1 aromatic heterocycles. The Morgan fingerprint density at radius 1 is 1.82 bits per heavy atom. The summed E-state index contributed by atoms with van der Waals surface area (Å²) in [5, 5.41) is 8.55. The molecule has 0 saturated carbocycles. The van der Waals surface area contributed by atoms with E-state index in [9.17, 15) is 0 Å². The van der Waals surface area contributed by atoms with E-state index in [0.717, 1.165) is 6.42 Å². The summed E-state index contributed by atoms with van der Waals surface area (Å²) in [7, 11) is 0. The van der Waals surface area contributed by atoms with Crippen LogP contribution in [0.1, 0.15) is 19.2 Å². The van der Waals surface area contributed by atoms with E-state index < -0.39 is 0 Å². The van der Waals surface area contributed by atoms with E-state index in [4.69, 9.17) is 5.21 Å². The van der Waals surface area contributed by atoms with Gasteiger partial charge >= 0.3 is 0 Å². The fourth-order valence-electron chi connectivity index (χ4n) is 0.746. The van der Waals surface area contributed by atoms with Crippen LogP contribution in [0.25, 0.3) is 6.08 Å². The van der Waals surface area contributed by atoms with Crippen LogP contribution in [0.15, 0.2) is 18.5 Å². The van der Waals surface area contributed by atoms with Gasteiger partial charge in [0.05, 0.1) is 0 Å². The van der Waals surface area contributed by atoms with Gasteiger partial charge in [0, 0.05) is 12.4 Å². The molecule has 1 aromatic rings. The fraction of sp³-hybridized carbons (Fsp3) is 0.286. The highest BCUT2D eigenvalue weighted by Crippen LogP contribution is 1.97. The Kier molecular flexibility index (Phi) is 2.68. The summed E-state index contributed by atoms with van der Waals surface area (Å²) in [4.78, 5) is 3.98. The molecule has 0 unspecified atom stereocenters. The van der Waals surface area contributed by atoms with Crippen LogP contribution in [0.4, 0.5) is 0 Å². The van der Waals surface area contributed by atoms with Crippen LogP contribution in [0, 0.1) is 0 Å². The fourth-order valence-corrected chi connectivity index (χ4v) is 0.746. The number of rotatable bonds is 3. The molecule has 1 heterocycles. The normalized spacial score (nSPS) is 10.7. The van der Waals surface area contributed by atoms with Gasteiger partial charge in [0.25, 0.3) is 0 Å². The van der Waals surface area contributed by atoms with E-state index in [1.165, 1.54) is 4.68 Å². The van der Waals surface area contributed by atoms with E-state index in [2.05, 4.69) is 4.98 Å². The summed E-state index contributed by atoms with van der Waals surface area (Å²) in [6.45, 7) is 2.04. The van der Waals surface area contributed by atoms with Gasteiger partial charge < -0.3 is 0 Å². The average molecular weight is 153 g/mol. The minimum absolute atomic E-state index is 0.689. The maximum absolute atomic E-state index is 8.55. The third kappa shape index (κ3) is 1.81. The summed E-state index contributed by atoms with van der Waals surface area (Å²) in [5.74, 6) is 0.689. The molecular formula is C7H11N3O. The van der Waals surface area contributed by atoms with Crippen LogP contribution < -0.4 is 5.59 Å². The molecule has 0 amide bonds. The molecule has 0 bridgehead atoms. The van der Waals surface area contributed by atoms with Crippen molar-refractivity contribution in [3.8, 4) is 0 Å². The number of allylic oxidation sites excluding steroid dienone is 1. The first kappa shape index (κ1) is 7.81. The Hall–Kier alpha value is -1.29. The number of nitrogens with one attached hydrogen (secondary N) is 1. The van der Waals surface area contributed by atoms with Crippen LogP contribution in [-0.2, 0) is 0 Å². The first-order valence-electron chi connectivity index (χ1n) is 3.48. The number of imidazole rings is 1. The molecule has 4 nitrogen and oxygen atoms in total. The lowest BCUT2D eigenvalue weighted by Gasteiger charge is -1.99. The molecule has 0 atom stereocenters. The molecular weight excluding hydrogens is 142 g/mol. The van der Waals surface area contributed by atoms with Gasteiger partial charge in [-0.1, -0.05) is 13.0 Å². The number of aromatic nitrogens is 2. The molecule has 0 aliphatic rings. The Bertz CT molecular complexity index is 242. The van der Waals surface area contributed by atoms with Crippen molar-refractivity contribution in [3.63, 3.8) is 0 Å². The van der Waals surface area contributed by atoms with E-state index >= 15 is 0 Å². The van der Waals surface area contributed by atoms with Gasteiger partial charge in [0.1, 0.15) is 0 Å². The van der Waals surface area contributed by atoms with E-state index in [1.54, 1.807) is 12.4 Å². The molecule has 2 N–H and O–H groups in total. The van der Waals surface area contributed by atoms with Crippen LogP contribution in [0.2, 0.25) is 0 Å². The largest absolute Gasteiger partial charge is 0.275 e. The standard InChI is InChI=1S/C7H11N3O/c1-2-3-4-7-8-5-6-10(7)9-11/h3-6,9,11H,2H2,1H3/b4-3-. The highest BCUT2D eigenvalue weighted by molar-refractivity contribution is 5.40. The zero-order valence-electron chi connectivity index (χ0n) is 6.36. The second-order valence-electron chi connectivity index (χ2n) is 2.07. The third-order valence-electron chi connectivity index (χ3n) is 1.28. The van der Waals surface area contributed by atoms with E-state index in [0.29, 0.717) is 5.82 Å². The lowest BCUT2D eigenvalue weighted by atomic mass is 10.4. The Morgan fingerprint density at radius 2 is 2.64 bits per heavy atom. The van der Waals surface area contributed by atoms with Crippen molar-refractivity contribution in [1.82, 2.24) is 9.66 Å². The first-order chi connectivity index (χ1) is 5.38. The molecule has 0 spiro atoms. The molecule has 0 aliphatic heterocycles. The van der Waals surface area contributed by atoms with Crippen molar-refractivity contribution in [2.45, 2.75) is 13.3 Å². The predicted molar refractivity (Wildman–Crippen MR) is 42.7 cm³/mol. The number of hydrogen-bond acceptors (Lipinski definition) is 3. The highest BCUT2D eigenvalue weighted by Gasteiger charge is 1.93. The van der Waals surface area contributed by atoms with Gasteiger partial charge in [-0.05, 0) is 12.5 Å². The zero-order chi connectivity index (χ0) is 8.10. The second kappa shape index (κ2) is 3.78. The Balaban J connectivity index is 2.76. The zero-order valence-corrected chi connectivity index (χ0v) is 6.36. The molecule has 4 heteroatoms. The molecule has 1 rings (SSSR count). The van der Waals surface area contributed by atoms with Crippen LogP contribution in [0.3, 0.4) is 0 Å². The topological polar surface area (TPSA) is 50.1 Å². The van der Waals surface area contributed by atoms with E-state index in [1.807, 2.05) is 24.7 Å². The third-order valence-corrected chi connectivity index (χ3v) is 1.28. The van der Waals surface area contributed by atoms with Crippen molar-refractivity contribution in [2.75, 3.05) is 5.59 Å². The van der Waals surface area contributed by atoms with Crippen molar-refractivity contribution >= 4 is 6.08 Å². The quantitative estimate of drug-likeness (QED) is 0.642. The molecule has 0 aromatic carbocycles. The number of hydrogen-bond donors (Lipinski definition) is 2. The monoisotopic (exact) mass is 153 g/mol. The van der Waals surface area contributed by atoms with Crippen LogP contribution >= 0.6 is 0 Å². The molecule has 11 heavy (non-hydrogen) atoms. The lowest BCUT2D eigenvalue weighted by molar-refractivity contribution is 0.317. The summed E-state index contributed by atoms with van der Waals surface area (Å²) < 4.78 is 1.42. The highest BCUT2D eigenvalue weighted by atomic mass is 16.5. The smallest absolute Gasteiger partial charge is 0.152 e. The van der Waals surface area contributed by atoms with Crippen molar-refractivity contribution in [1.29, 1.82) is 0 Å². The van der Waals surface area contributed by atoms with Crippen molar-refractivity contribution < 1.29 is 5.21 Å². The van der Waals surface area contributed by atoms with Crippen molar-refractivity contribution in [2.24, 2.45) is 0 Å². The van der Waals surface area contributed by atoms with Crippen LogP contribution in [-0.4, -0.2) is 14.9 Å². The van der Waals surface area contributed by atoms with Gasteiger partial charge in [-0.25, -0.2) is 15.2 Å². The molecule has 60 valence electrons. The SMILES string of the molecule is CC/C=C\c1nccn1NO. The number of nitrogens with zero attached hydrogens (tertiary/aromatic N) is 2. The Morgan fingerprint density at radius 3 is 3.27 bits per heavy atom. The van der Waals surface area contributed by atoms with Gasteiger partial charge in [-0.15, -0.1) is 0 Å². The summed E-state index contributed by atoms with van der Waals surface area (Å²) in [5.41, 5.74) is 1.99. The molecule has 0 saturated heterocycles. The van der Waals surface area contributed by atoms with Crippen molar-refractivity contribution in [3.05, 3.63) is 24.3 Å². The summed E-state index contributed by atoms with van der Waals surface area (Å²) in [6.07, 6.45) is 8.01. The summed E-state index contributed by atoms with van der Waals surface area (Å²) >= 11 is 0. The second-order valence-corrected chi connectivity index (χ2v) is 2.07. The minimum Gasteiger partial charge on any atom is -0.275 e. The lowest BCUT2D eigenvalue weighted by Crippen LogP contribution is -2.09. The predicted octanol–water partition coefficient (Wildman–Crippen LogP) is 1.24. The van der Waals surface area contributed by atoms with E-state index in [-0.39, 0.29) is 0 Å².